The van der Waals surface area contributed by atoms with Crippen LogP contribution in [0.25, 0.3) is 0 Å². The monoisotopic (exact) mass is 172 g/mol. The van der Waals surface area contributed by atoms with Crippen molar-refractivity contribution < 1.29 is 19.0 Å². The van der Waals surface area contributed by atoms with Crippen molar-refractivity contribution in [2.24, 2.45) is 0 Å². The lowest BCUT2D eigenvalue weighted by atomic mass is 10.6. The van der Waals surface area contributed by atoms with E-state index in [1.165, 1.54) is 32.8 Å². The van der Waals surface area contributed by atoms with Crippen LogP contribution in [-0.4, -0.2) is 26.8 Å². The predicted molar refractivity (Wildman–Crippen MR) is 43.3 cm³/mol. The largest absolute Gasteiger partial charge is 0.504 e. The Morgan fingerprint density at radius 3 is 2.50 bits per heavy atom. The fraction of sp³-hybridized carbons (Fsp3) is 0.375. The molecule has 0 amide bonds. The van der Waals surface area contributed by atoms with E-state index < -0.39 is 5.97 Å². The number of esters is 1. The van der Waals surface area contributed by atoms with Crippen LogP contribution in [0.3, 0.4) is 0 Å². The summed E-state index contributed by atoms with van der Waals surface area (Å²) in [6.07, 6.45) is 5.86. The highest BCUT2D eigenvalue weighted by Crippen LogP contribution is 1.83. The Labute approximate surface area is 71.4 Å². The molecule has 0 saturated carbocycles. The van der Waals surface area contributed by atoms with Gasteiger partial charge in [-0.1, -0.05) is 0 Å². The van der Waals surface area contributed by atoms with E-state index in [-0.39, 0.29) is 6.61 Å². The Balaban J connectivity index is 3.46. The highest BCUT2D eigenvalue weighted by atomic mass is 16.6. The third kappa shape index (κ3) is 6.82. The van der Waals surface area contributed by atoms with Gasteiger partial charge in [0.15, 0.2) is 0 Å². The minimum absolute atomic E-state index is 0.0433. The number of methoxy groups -OCH3 is 2. The molecule has 0 saturated heterocycles. The molecule has 4 nitrogen and oxygen atoms in total. The third-order valence-corrected chi connectivity index (χ3v) is 0.866. The van der Waals surface area contributed by atoms with E-state index in [0.717, 1.165) is 0 Å². The van der Waals surface area contributed by atoms with Gasteiger partial charge in [-0.3, -0.25) is 0 Å². The van der Waals surface area contributed by atoms with Crippen molar-refractivity contribution in [3.63, 3.8) is 0 Å². The van der Waals surface area contributed by atoms with E-state index in [9.17, 15) is 4.79 Å². The lowest BCUT2D eigenvalue weighted by molar-refractivity contribution is -0.142. The Hall–Kier alpha value is -1.29. The maximum absolute atomic E-state index is 10.6. The molecule has 0 bridgehead atoms. The van der Waals surface area contributed by atoms with Gasteiger partial charge in [-0.25, -0.2) is 4.79 Å². The molecule has 0 aromatic carbocycles. The molecule has 0 aromatic rings. The van der Waals surface area contributed by atoms with Gasteiger partial charge < -0.3 is 14.2 Å². The first-order valence-corrected chi connectivity index (χ1v) is 3.34. The zero-order valence-corrected chi connectivity index (χ0v) is 7.15. The van der Waals surface area contributed by atoms with Crippen molar-refractivity contribution in [2.45, 2.75) is 0 Å². The Morgan fingerprint density at radius 1 is 1.25 bits per heavy atom. The molecule has 0 atom stereocenters. The predicted octanol–water partition coefficient (Wildman–Crippen LogP) is 0.850. The summed E-state index contributed by atoms with van der Waals surface area (Å²) >= 11 is 0. The molecule has 0 unspecified atom stereocenters. The molecule has 0 radical (unpaired) electrons. The van der Waals surface area contributed by atoms with Crippen molar-refractivity contribution in [3.05, 3.63) is 24.7 Å². The molecule has 0 spiro atoms. The zero-order chi connectivity index (χ0) is 9.23. The fourth-order valence-corrected chi connectivity index (χ4v) is 0.436. The summed E-state index contributed by atoms with van der Waals surface area (Å²) in [5.41, 5.74) is 0. The van der Waals surface area contributed by atoms with Gasteiger partial charge in [0.25, 0.3) is 0 Å². The Bertz CT molecular complexity index is 172. The van der Waals surface area contributed by atoms with Crippen molar-refractivity contribution in [3.8, 4) is 0 Å². The second kappa shape index (κ2) is 7.81. The highest BCUT2D eigenvalue weighted by molar-refractivity contribution is 5.71. The Kier molecular flexibility index (Phi) is 6.97. The lowest BCUT2D eigenvalue weighted by Crippen LogP contribution is -2.06. The van der Waals surface area contributed by atoms with Crippen LogP contribution in [0.1, 0.15) is 0 Å². The number of carbonyl (C=O) groups excluding carboxylic acids is 1. The summed E-state index contributed by atoms with van der Waals surface area (Å²) in [7, 11) is 2.96. The van der Waals surface area contributed by atoms with E-state index in [1.54, 1.807) is 6.08 Å². The standard InChI is InChI=1S/C8H12O4/c1-10-5-3-4-6-12-8(9)7-11-2/h3-6H,7H2,1-2H3/b5-3-,6-4-. The van der Waals surface area contributed by atoms with E-state index in [1.807, 2.05) is 0 Å². The van der Waals surface area contributed by atoms with Crippen LogP contribution in [0.15, 0.2) is 24.7 Å². The van der Waals surface area contributed by atoms with Crippen molar-refractivity contribution in [1.82, 2.24) is 0 Å². The normalized spacial score (nSPS) is 10.8. The minimum Gasteiger partial charge on any atom is -0.504 e. The van der Waals surface area contributed by atoms with Gasteiger partial charge in [-0.2, -0.15) is 0 Å². The first kappa shape index (κ1) is 10.7. The molecule has 0 fully saturated rings. The van der Waals surface area contributed by atoms with Gasteiger partial charge in [0.2, 0.25) is 0 Å². The SMILES string of the molecule is CO/C=C\C=C/OC(=O)COC. The Morgan fingerprint density at radius 2 is 1.92 bits per heavy atom. The average Bonchev–Trinajstić information content (AvgIpc) is 2.05. The van der Waals surface area contributed by atoms with E-state index in [2.05, 4.69) is 14.2 Å². The summed E-state index contributed by atoms with van der Waals surface area (Å²) in [4.78, 5) is 10.6. The first-order valence-electron chi connectivity index (χ1n) is 3.34. The zero-order valence-electron chi connectivity index (χ0n) is 7.15. The maximum atomic E-state index is 10.6. The van der Waals surface area contributed by atoms with Crippen LogP contribution in [0.2, 0.25) is 0 Å². The van der Waals surface area contributed by atoms with Gasteiger partial charge >= 0.3 is 5.97 Å². The number of ether oxygens (including phenoxy) is 3. The molecular formula is C8H12O4. The van der Waals surface area contributed by atoms with Crippen LogP contribution in [0.4, 0.5) is 0 Å². The fourth-order valence-electron chi connectivity index (χ4n) is 0.436. The lowest BCUT2D eigenvalue weighted by Gasteiger charge is -1.94. The number of hydrogen-bond donors (Lipinski definition) is 0. The molecule has 12 heavy (non-hydrogen) atoms. The molecule has 0 aliphatic rings. The summed E-state index contributed by atoms with van der Waals surface area (Å²) < 4.78 is 13.7. The average molecular weight is 172 g/mol. The van der Waals surface area contributed by atoms with Crippen molar-refractivity contribution in [1.29, 1.82) is 0 Å². The van der Waals surface area contributed by atoms with Gasteiger partial charge in [-0.15, -0.1) is 0 Å². The first-order chi connectivity index (χ1) is 5.81. The van der Waals surface area contributed by atoms with Gasteiger partial charge in [0.1, 0.15) is 6.61 Å². The van der Waals surface area contributed by atoms with Gasteiger partial charge in [-0.05, 0) is 12.2 Å². The van der Waals surface area contributed by atoms with Crippen LogP contribution in [0, 0.1) is 0 Å². The smallest absolute Gasteiger partial charge is 0.336 e. The molecule has 0 rings (SSSR count). The van der Waals surface area contributed by atoms with Crippen LogP contribution >= 0.6 is 0 Å². The van der Waals surface area contributed by atoms with Crippen LogP contribution in [0.5, 0.6) is 0 Å². The molecular weight excluding hydrogens is 160 g/mol. The van der Waals surface area contributed by atoms with Gasteiger partial charge in [0.05, 0.1) is 19.6 Å². The number of rotatable bonds is 5. The minimum atomic E-state index is -0.431. The molecule has 68 valence electrons. The quantitative estimate of drug-likeness (QED) is 0.350. The van der Waals surface area contributed by atoms with E-state index in [4.69, 9.17) is 0 Å². The summed E-state index contributed by atoms with van der Waals surface area (Å²) in [6, 6.07) is 0. The van der Waals surface area contributed by atoms with Crippen molar-refractivity contribution in [2.75, 3.05) is 20.8 Å². The second-order valence-electron chi connectivity index (χ2n) is 1.82. The van der Waals surface area contributed by atoms with E-state index in [0.29, 0.717) is 0 Å². The number of allylic oxidation sites excluding steroid dienone is 2. The molecule has 0 heterocycles. The molecule has 0 aliphatic carbocycles. The number of carbonyl (C=O) groups is 1. The second-order valence-corrected chi connectivity index (χ2v) is 1.82. The van der Waals surface area contributed by atoms with E-state index >= 15 is 0 Å². The third-order valence-electron chi connectivity index (χ3n) is 0.866. The van der Waals surface area contributed by atoms with Crippen LogP contribution in [-0.2, 0) is 19.0 Å². The molecule has 0 aliphatic heterocycles. The molecule has 0 aromatic heterocycles. The number of hydrogen-bond acceptors (Lipinski definition) is 4. The summed E-state index contributed by atoms with van der Waals surface area (Å²) in [5, 5.41) is 0. The summed E-state index contributed by atoms with van der Waals surface area (Å²) in [6.45, 7) is -0.0433. The highest BCUT2D eigenvalue weighted by Gasteiger charge is 1.95. The van der Waals surface area contributed by atoms with Gasteiger partial charge in [0, 0.05) is 7.11 Å². The molecule has 0 N–H and O–H groups in total. The topological polar surface area (TPSA) is 44.8 Å². The van der Waals surface area contributed by atoms with Crippen LogP contribution < -0.4 is 0 Å². The maximum Gasteiger partial charge on any atom is 0.336 e. The summed E-state index contributed by atoms with van der Waals surface area (Å²) in [5.74, 6) is -0.431. The van der Waals surface area contributed by atoms with Crippen molar-refractivity contribution >= 4 is 5.97 Å². The molecule has 4 heteroatoms.